The highest BCUT2D eigenvalue weighted by molar-refractivity contribution is 5.67. The monoisotopic (exact) mass is 209 g/mol. The van der Waals surface area contributed by atoms with Gasteiger partial charge in [-0.25, -0.2) is 5.21 Å². The molecule has 15 heavy (non-hydrogen) atoms. The quantitative estimate of drug-likeness (QED) is 0.470. The van der Waals surface area contributed by atoms with Crippen molar-refractivity contribution in [3.63, 3.8) is 0 Å². The second kappa shape index (κ2) is 3.73. The zero-order valence-electron chi connectivity index (χ0n) is 7.79. The molecule has 1 aromatic carbocycles. The topological polar surface area (TPSA) is 88.2 Å². The van der Waals surface area contributed by atoms with Crippen LogP contribution in [0, 0.1) is 5.21 Å². The Morgan fingerprint density at radius 1 is 1.27 bits per heavy atom. The van der Waals surface area contributed by atoms with E-state index in [-0.39, 0.29) is 5.69 Å². The van der Waals surface area contributed by atoms with Crippen LogP contribution in [0.25, 0.3) is 6.08 Å². The fourth-order valence-corrected chi connectivity index (χ4v) is 1.70. The third-order valence-corrected chi connectivity index (χ3v) is 2.47. The Morgan fingerprint density at radius 3 is 2.67 bits per heavy atom. The van der Waals surface area contributed by atoms with Crippen LogP contribution in [0.3, 0.4) is 0 Å². The normalized spacial score (nSPS) is 26.1. The lowest BCUT2D eigenvalue weighted by Crippen LogP contribution is -2.99. The first-order valence-electron chi connectivity index (χ1n) is 4.52. The van der Waals surface area contributed by atoms with E-state index in [9.17, 15) is 15.4 Å². The molecule has 1 aliphatic rings. The molecule has 0 amide bonds. The van der Waals surface area contributed by atoms with Crippen molar-refractivity contribution in [2.24, 2.45) is 0 Å². The Hall–Kier alpha value is -1.24. The maximum absolute atomic E-state index is 10.9. The number of benzene rings is 1. The second-order valence-electron chi connectivity index (χ2n) is 3.41. The standard InChI is InChI=1S/C10H11NO4/c12-9-5-4-6-7(10(9)13)2-1-3-8(6)11(14)15/h1-5,9-14H. The molecule has 0 saturated heterocycles. The molecule has 0 aliphatic heterocycles. The Bertz CT molecular complexity index is 402. The van der Waals surface area contributed by atoms with Crippen LogP contribution < -0.4 is 5.23 Å². The van der Waals surface area contributed by atoms with Crippen LogP contribution >= 0.6 is 0 Å². The first-order valence-corrected chi connectivity index (χ1v) is 4.52. The Kier molecular flexibility index (Phi) is 2.56. The first kappa shape index (κ1) is 10.3. The maximum Gasteiger partial charge on any atom is 0.171 e. The molecule has 0 spiro atoms. The highest BCUT2D eigenvalue weighted by Gasteiger charge is 2.25. The van der Waals surface area contributed by atoms with Gasteiger partial charge in [-0.05, 0) is 11.6 Å². The smallest absolute Gasteiger partial charge is 0.171 e. The van der Waals surface area contributed by atoms with Gasteiger partial charge in [-0.15, -0.1) is 0 Å². The van der Waals surface area contributed by atoms with Crippen LogP contribution in [-0.4, -0.2) is 21.5 Å². The summed E-state index contributed by atoms with van der Waals surface area (Å²) in [4.78, 5) is 0. The third kappa shape index (κ3) is 1.67. The highest BCUT2D eigenvalue weighted by atomic mass is 16.8. The summed E-state index contributed by atoms with van der Waals surface area (Å²) in [5, 5.41) is 37.8. The van der Waals surface area contributed by atoms with Crippen molar-refractivity contribution in [2.45, 2.75) is 12.2 Å². The van der Waals surface area contributed by atoms with Crippen molar-refractivity contribution in [2.75, 3.05) is 0 Å². The van der Waals surface area contributed by atoms with E-state index in [2.05, 4.69) is 0 Å². The van der Waals surface area contributed by atoms with E-state index < -0.39 is 17.4 Å². The van der Waals surface area contributed by atoms with Gasteiger partial charge in [0.1, 0.15) is 12.2 Å². The predicted molar refractivity (Wildman–Crippen MR) is 52.2 cm³/mol. The van der Waals surface area contributed by atoms with Gasteiger partial charge in [-0.1, -0.05) is 18.2 Å². The van der Waals surface area contributed by atoms with Gasteiger partial charge in [0.2, 0.25) is 0 Å². The molecule has 5 nitrogen and oxygen atoms in total. The van der Waals surface area contributed by atoms with Crippen LogP contribution in [0.1, 0.15) is 17.2 Å². The van der Waals surface area contributed by atoms with E-state index in [0.717, 1.165) is 0 Å². The van der Waals surface area contributed by atoms with E-state index in [1.165, 1.54) is 18.2 Å². The molecule has 5 heteroatoms. The largest absolute Gasteiger partial charge is 0.595 e. The van der Waals surface area contributed by atoms with Crippen molar-refractivity contribution in [3.05, 3.63) is 40.6 Å². The van der Waals surface area contributed by atoms with E-state index in [1.54, 1.807) is 12.1 Å². The zero-order chi connectivity index (χ0) is 11.0. The van der Waals surface area contributed by atoms with Crippen LogP contribution in [0.4, 0.5) is 5.69 Å². The fraction of sp³-hybridized carbons (Fsp3) is 0.200. The van der Waals surface area contributed by atoms with Crippen molar-refractivity contribution < 1.29 is 20.6 Å². The van der Waals surface area contributed by atoms with Gasteiger partial charge in [-0.3, -0.25) is 0 Å². The molecule has 1 aliphatic carbocycles. The summed E-state index contributed by atoms with van der Waals surface area (Å²) in [6.45, 7) is 0. The zero-order valence-corrected chi connectivity index (χ0v) is 7.79. The van der Waals surface area contributed by atoms with Gasteiger partial charge in [0.05, 0.1) is 0 Å². The van der Waals surface area contributed by atoms with Crippen LogP contribution in [-0.2, 0) is 0 Å². The lowest BCUT2D eigenvalue weighted by atomic mass is 9.92. The average molecular weight is 209 g/mol. The Labute approximate surface area is 86.0 Å². The highest BCUT2D eigenvalue weighted by Crippen LogP contribution is 2.31. The minimum absolute atomic E-state index is 0.134. The fourth-order valence-electron chi connectivity index (χ4n) is 1.70. The van der Waals surface area contributed by atoms with Gasteiger partial charge >= 0.3 is 0 Å². The molecule has 0 aromatic heterocycles. The Balaban J connectivity index is 2.56. The molecular formula is C10H11NO4. The summed E-state index contributed by atoms with van der Waals surface area (Å²) in [5.74, 6) is 0. The molecule has 80 valence electrons. The van der Waals surface area contributed by atoms with Gasteiger partial charge in [0.25, 0.3) is 0 Å². The summed E-state index contributed by atoms with van der Waals surface area (Å²) in [6, 6.07) is 4.63. The molecule has 0 fully saturated rings. The van der Waals surface area contributed by atoms with E-state index in [0.29, 0.717) is 11.1 Å². The number of quaternary nitrogens is 1. The SMILES string of the molecule is [O-][NH+](O)c1cccc2c1C=CC(O)C2O. The predicted octanol–water partition coefficient (Wildman–Crippen LogP) is -0.489. The van der Waals surface area contributed by atoms with Crippen LogP contribution in [0.2, 0.25) is 0 Å². The van der Waals surface area contributed by atoms with Gasteiger partial charge in [0, 0.05) is 11.6 Å². The average Bonchev–Trinajstić information content (AvgIpc) is 2.23. The van der Waals surface area contributed by atoms with Crippen LogP contribution in [0.5, 0.6) is 0 Å². The van der Waals surface area contributed by atoms with Crippen molar-refractivity contribution in [1.82, 2.24) is 0 Å². The maximum atomic E-state index is 10.9. The summed E-state index contributed by atoms with van der Waals surface area (Å²) in [6.07, 6.45) is 0.890. The van der Waals surface area contributed by atoms with E-state index in [4.69, 9.17) is 5.21 Å². The number of rotatable bonds is 1. The molecule has 2 rings (SSSR count). The molecule has 0 heterocycles. The van der Waals surface area contributed by atoms with Crippen molar-refractivity contribution in [1.29, 1.82) is 0 Å². The molecular weight excluding hydrogens is 198 g/mol. The molecule has 4 N–H and O–H groups in total. The summed E-state index contributed by atoms with van der Waals surface area (Å²) in [5.41, 5.74) is 1.04. The summed E-state index contributed by atoms with van der Waals surface area (Å²) < 4.78 is 0. The summed E-state index contributed by atoms with van der Waals surface area (Å²) in [7, 11) is 0. The van der Waals surface area contributed by atoms with Crippen molar-refractivity contribution >= 4 is 11.8 Å². The molecule has 3 unspecified atom stereocenters. The minimum atomic E-state index is -1.05. The molecule has 1 aromatic rings. The minimum Gasteiger partial charge on any atom is -0.595 e. The lowest BCUT2D eigenvalue weighted by molar-refractivity contribution is -0.991. The van der Waals surface area contributed by atoms with Gasteiger partial charge in [-0.2, -0.15) is 5.23 Å². The number of nitrogens with one attached hydrogen (secondary N) is 1. The third-order valence-electron chi connectivity index (χ3n) is 2.47. The van der Waals surface area contributed by atoms with Gasteiger partial charge < -0.3 is 15.4 Å². The summed E-state index contributed by atoms with van der Waals surface area (Å²) >= 11 is 0. The molecule has 0 saturated carbocycles. The van der Waals surface area contributed by atoms with Crippen LogP contribution in [0.15, 0.2) is 24.3 Å². The molecule has 0 radical (unpaired) electrons. The number of aliphatic hydroxyl groups is 2. The number of hydrogen-bond donors (Lipinski definition) is 4. The molecule has 3 atom stereocenters. The van der Waals surface area contributed by atoms with E-state index >= 15 is 0 Å². The lowest BCUT2D eigenvalue weighted by Gasteiger charge is -2.24. The van der Waals surface area contributed by atoms with Gasteiger partial charge in [0.15, 0.2) is 5.69 Å². The number of fused-ring (bicyclic) bond motifs is 1. The second-order valence-corrected chi connectivity index (χ2v) is 3.41. The molecule has 0 bridgehead atoms. The van der Waals surface area contributed by atoms with Crippen molar-refractivity contribution in [3.8, 4) is 0 Å². The first-order chi connectivity index (χ1) is 7.11. The number of hydrogen-bond acceptors (Lipinski definition) is 4. The van der Waals surface area contributed by atoms with E-state index in [1.807, 2.05) is 0 Å². The number of aliphatic hydroxyl groups excluding tert-OH is 2. The Morgan fingerprint density at radius 2 is 2.00 bits per heavy atom.